The molecule has 1 aromatic rings. The van der Waals surface area contributed by atoms with Gasteiger partial charge in [0.25, 0.3) is 0 Å². The van der Waals surface area contributed by atoms with E-state index in [1.165, 1.54) is 13.2 Å². The number of ether oxygens (including phenoxy) is 3. The predicted molar refractivity (Wildman–Crippen MR) is 96.5 cm³/mol. The van der Waals surface area contributed by atoms with Gasteiger partial charge in [-0.05, 0) is 44.5 Å². The summed E-state index contributed by atoms with van der Waals surface area (Å²) in [6.07, 6.45) is -0.629. The number of amides is 1. The smallest absolute Gasteiger partial charge is 0.344 e. The Bertz CT molecular complexity index is 709. The molecule has 0 bridgehead atoms. The highest BCUT2D eigenvalue weighted by Crippen LogP contribution is 2.23. The lowest BCUT2D eigenvalue weighted by Crippen LogP contribution is -2.62. The Morgan fingerprint density at radius 3 is 2.00 bits per heavy atom. The molecule has 0 radical (unpaired) electrons. The van der Waals surface area contributed by atoms with Crippen molar-refractivity contribution in [1.29, 1.82) is 0 Å². The topological polar surface area (TPSA) is 108 Å². The Hall–Kier alpha value is -2.90. The summed E-state index contributed by atoms with van der Waals surface area (Å²) in [4.78, 5) is 49.6. The maximum Gasteiger partial charge on any atom is 0.344 e. The first-order valence-electron chi connectivity index (χ1n) is 8.52. The van der Waals surface area contributed by atoms with Crippen LogP contribution in [0.5, 0.6) is 5.75 Å². The van der Waals surface area contributed by atoms with Crippen molar-refractivity contribution in [2.24, 2.45) is 0 Å². The van der Waals surface area contributed by atoms with Crippen molar-refractivity contribution >= 4 is 23.6 Å². The van der Waals surface area contributed by atoms with E-state index in [0.29, 0.717) is 11.3 Å². The van der Waals surface area contributed by atoms with Crippen molar-refractivity contribution < 1.29 is 33.4 Å². The van der Waals surface area contributed by atoms with Crippen LogP contribution in [-0.2, 0) is 23.9 Å². The third-order valence-corrected chi connectivity index (χ3v) is 3.78. The molecule has 1 amide bonds. The minimum Gasteiger partial charge on any atom is -0.496 e. The first kappa shape index (κ1) is 22.1. The monoisotopic (exact) mass is 379 g/mol. The Kier molecular flexibility index (Phi) is 7.96. The summed E-state index contributed by atoms with van der Waals surface area (Å²) in [5.74, 6) is -2.70. The van der Waals surface area contributed by atoms with E-state index in [1.807, 2.05) is 0 Å². The number of nitrogens with one attached hydrogen (secondary N) is 1. The lowest BCUT2D eigenvalue weighted by Gasteiger charge is -2.29. The van der Waals surface area contributed by atoms with E-state index in [-0.39, 0.29) is 18.8 Å². The minimum atomic E-state index is -2.25. The van der Waals surface area contributed by atoms with E-state index in [0.717, 1.165) is 6.92 Å². The van der Waals surface area contributed by atoms with Gasteiger partial charge in [0.1, 0.15) is 5.75 Å². The van der Waals surface area contributed by atoms with E-state index < -0.39 is 35.6 Å². The summed E-state index contributed by atoms with van der Waals surface area (Å²) in [5, 5.41) is 2.27. The molecule has 1 aromatic carbocycles. The Balaban J connectivity index is 3.33. The molecule has 0 unspecified atom stereocenters. The molecular formula is C19H25NO7. The average Bonchev–Trinajstić information content (AvgIpc) is 2.60. The Morgan fingerprint density at radius 1 is 1.04 bits per heavy atom. The van der Waals surface area contributed by atoms with Gasteiger partial charge in [-0.3, -0.25) is 9.59 Å². The Morgan fingerprint density at radius 2 is 1.59 bits per heavy atom. The molecule has 148 valence electrons. The normalized spacial score (nSPS) is 10.7. The van der Waals surface area contributed by atoms with Crippen LogP contribution < -0.4 is 10.1 Å². The molecule has 0 aliphatic carbocycles. The number of hydrogen-bond acceptors (Lipinski definition) is 7. The number of esters is 2. The number of carbonyl (C=O) groups excluding carboxylic acids is 4. The van der Waals surface area contributed by atoms with Crippen LogP contribution in [0.3, 0.4) is 0 Å². The molecule has 0 saturated carbocycles. The summed E-state index contributed by atoms with van der Waals surface area (Å²) in [6, 6.07) is 4.70. The summed E-state index contributed by atoms with van der Waals surface area (Å²) in [5.41, 5.74) is -1.28. The zero-order chi connectivity index (χ0) is 20.6. The van der Waals surface area contributed by atoms with Crippen LogP contribution in [0, 0.1) is 6.92 Å². The number of methoxy groups -OCH3 is 1. The highest BCUT2D eigenvalue weighted by molar-refractivity contribution is 6.13. The molecule has 8 heteroatoms. The second kappa shape index (κ2) is 9.70. The largest absolute Gasteiger partial charge is 0.496 e. The van der Waals surface area contributed by atoms with Gasteiger partial charge in [0.2, 0.25) is 11.4 Å². The molecule has 0 saturated heterocycles. The lowest BCUT2D eigenvalue weighted by atomic mass is 9.89. The fraction of sp³-hybridized carbons (Fsp3) is 0.474. The number of Topliss-reactive ketones (excluding diaryl/α,β-unsaturated/α-hetero) is 1. The second-order valence-electron chi connectivity index (χ2n) is 5.81. The fourth-order valence-electron chi connectivity index (χ4n) is 2.58. The van der Waals surface area contributed by atoms with Gasteiger partial charge in [0, 0.05) is 12.5 Å². The van der Waals surface area contributed by atoms with E-state index in [4.69, 9.17) is 14.2 Å². The molecule has 1 rings (SSSR count). The van der Waals surface area contributed by atoms with Crippen LogP contribution in [0.4, 0.5) is 0 Å². The van der Waals surface area contributed by atoms with E-state index in [1.54, 1.807) is 32.9 Å². The molecular weight excluding hydrogens is 354 g/mol. The fourth-order valence-corrected chi connectivity index (χ4v) is 2.58. The van der Waals surface area contributed by atoms with Gasteiger partial charge in [-0.1, -0.05) is 0 Å². The highest BCUT2D eigenvalue weighted by Gasteiger charge is 2.51. The van der Waals surface area contributed by atoms with Gasteiger partial charge in [-0.2, -0.15) is 0 Å². The molecule has 0 atom stereocenters. The van der Waals surface area contributed by atoms with Gasteiger partial charge in [0.05, 0.1) is 26.7 Å². The van der Waals surface area contributed by atoms with Crippen LogP contribution >= 0.6 is 0 Å². The third kappa shape index (κ3) is 5.29. The van der Waals surface area contributed by atoms with Crippen LogP contribution in [0.15, 0.2) is 18.2 Å². The number of benzene rings is 1. The minimum absolute atomic E-state index is 0.0323. The van der Waals surface area contributed by atoms with Crippen molar-refractivity contribution in [2.45, 2.75) is 39.7 Å². The van der Waals surface area contributed by atoms with Crippen LogP contribution in [-0.4, -0.2) is 49.5 Å². The lowest BCUT2D eigenvalue weighted by molar-refractivity contribution is -0.167. The van der Waals surface area contributed by atoms with Crippen molar-refractivity contribution in [3.63, 3.8) is 0 Å². The predicted octanol–water partition coefficient (Wildman–Crippen LogP) is 1.58. The third-order valence-electron chi connectivity index (χ3n) is 3.78. The molecule has 27 heavy (non-hydrogen) atoms. The van der Waals surface area contributed by atoms with E-state index in [2.05, 4.69) is 5.32 Å². The van der Waals surface area contributed by atoms with E-state index in [9.17, 15) is 19.2 Å². The van der Waals surface area contributed by atoms with Crippen molar-refractivity contribution in [2.75, 3.05) is 20.3 Å². The van der Waals surface area contributed by atoms with E-state index >= 15 is 0 Å². The van der Waals surface area contributed by atoms with Gasteiger partial charge in [-0.25, -0.2) is 9.59 Å². The number of carbonyl (C=O) groups is 4. The number of rotatable bonds is 9. The number of aryl methyl sites for hydroxylation is 1. The zero-order valence-electron chi connectivity index (χ0n) is 16.2. The maximum absolute atomic E-state index is 12.8. The van der Waals surface area contributed by atoms with Crippen molar-refractivity contribution in [3.05, 3.63) is 29.3 Å². The van der Waals surface area contributed by atoms with Crippen molar-refractivity contribution in [3.8, 4) is 5.75 Å². The average molecular weight is 379 g/mol. The first-order valence-corrected chi connectivity index (χ1v) is 8.52. The quantitative estimate of drug-likeness (QED) is 0.394. The van der Waals surface area contributed by atoms with Crippen LogP contribution in [0.25, 0.3) is 0 Å². The van der Waals surface area contributed by atoms with Gasteiger partial charge in [-0.15, -0.1) is 0 Å². The van der Waals surface area contributed by atoms with Crippen LogP contribution in [0.1, 0.15) is 43.1 Å². The molecule has 1 N–H and O–H groups in total. The summed E-state index contributed by atoms with van der Waals surface area (Å²) < 4.78 is 15.0. The molecule has 0 heterocycles. The standard InChI is InChI=1S/C19H25NO7/c1-6-26-17(23)19(20-13(4)21,18(24)27-7-2)11-15(22)14-8-9-16(25-5)12(3)10-14/h8-10H,6-7,11H2,1-5H3,(H,20,21). The molecule has 0 spiro atoms. The second-order valence-corrected chi connectivity index (χ2v) is 5.81. The van der Waals surface area contributed by atoms with Crippen molar-refractivity contribution in [1.82, 2.24) is 5.32 Å². The molecule has 0 aromatic heterocycles. The van der Waals surface area contributed by atoms with Crippen LogP contribution in [0.2, 0.25) is 0 Å². The molecule has 0 aliphatic heterocycles. The maximum atomic E-state index is 12.8. The summed E-state index contributed by atoms with van der Waals surface area (Å²) in [7, 11) is 1.51. The van der Waals surface area contributed by atoms with Gasteiger partial charge >= 0.3 is 11.9 Å². The number of hydrogen-bond donors (Lipinski definition) is 1. The first-order chi connectivity index (χ1) is 12.7. The van der Waals surface area contributed by atoms with Gasteiger partial charge in [0.15, 0.2) is 5.78 Å². The molecule has 8 nitrogen and oxygen atoms in total. The Labute approximate surface area is 158 Å². The van der Waals surface area contributed by atoms with Gasteiger partial charge < -0.3 is 19.5 Å². The SMILES string of the molecule is CCOC(=O)C(CC(=O)c1ccc(OC)c(C)c1)(NC(C)=O)C(=O)OCC. The number of ketones is 1. The summed E-state index contributed by atoms with van der Waals surface area (Å²) in [6.45, 7) is 5.93. The highest BCUT2D eigenvalue weighted by atomic mass is 16.6. The zero-order valence-corrected chi connectivity index (χ0v) is 16.2. The molecule has 0 aliphatic rings. The summed E-state index contributed by atoms with van der Waals surface area (Å²) >= 11 is 0. The molecule has 0 fully saturated rings.